The van der Waals surface area contributed by atoms with E-state index in [4.69, 9.17) is 0 Å². The second-order valence-electron chi connectivity index (χ2n) is 5.95. The van der Waals surface area contributed by atoms with Crippen molar-refractivity contribution in [1.29, 1.82) is 0 Å². The van der Waals surface area contributed by atoms with Crippen LogP contribution in [-0.4, -0.2) is 26.5 Å². The molecule has 26 heavy (non-hydrogen) atoms. The number of aromatic nitrogens is 4. The number of allylic oxidation sites excluding steroid dienone is 1. The van der Waals surface area contributed by atoms with Gasteiger partial charge in [-0.25, -0.2) is 13.5 Å². The van der Waals surface area contributed by atoms with Gasteiger partial charge in [0.05, 0.1) is 5.57 Å². The third-order valence-corrected chi connectivity index (χ3v) is 4.16. The van der Waals surface area contributed by atoms with Gasteiger partial charge in [0.25, 0.3) is 0 Å². The van der Waals surface area contributed by atoms with Crippen molar-refractivity contribution in [1.82, 2.24) is 20.2 Å². The Morgan fingerprint density at radius 3 is 1.92 bits per heavy atom. The van der Waals surface area contributed by atoms with Crippen molar-refractivity contribution in [3.63, 3.8) is 0 Å². The molecule has 0 saturated carbocycles. The van der Waals surface area contributed by atoms with Gasteiger partial charge in [-0.3, -0.25) is 4.79 Å². The largest absolute Gasteiger partial charge is 0.298 e. The first-order valence-corrected chi connectivity index (χ1v) is 7.87. The Morgan fingerprint density at radius 2 is 1.54 bits per heavy atom. The van der Waals surface area contributed by atoms with E-state index < -0.39 is 0 Å². The Hall–Kier alpha value is -3.22. The maximum Gasteiger partial charge on any atom is 0.185 e. The number of halogens is 2. The SMILES string of the molecule is Cc1cc(F)ccc1C(=C(C=O)c1nnnn1C)c1ccc(F)cc1C. The van der Waals surface area contributed by atoms with Crippen LogP contribution in [0.1, 0.15) is 28.1 Å². The van der Waals surface area contributed by atoms with E-state index in [1.54, 1.807) is 33.0 Å². The second-order valence-corrected chi connectivity index (χ2v) is 5.95. The quantitative estimate of drug-likeness (QED) is 0.533. The molecule has 0 amide bonds. The predicted octanol–water partition coefficient (Wildman–Crippen LogP) is 3.26. The molecule has 1 heterocycles. The molecule has 132 valence electrons. The molecule has 3 rings (SSSR count). The number of benzene rings is 2. The van der Waals surface area contributed by atoms with Crippen LogP contribution in [0.25, 0.3) is 11.1 Å². The third-order valence-electron chi connectivity index (χ3n) is 4.16. The highest BCUT2D eigenvalue weighted by molar-refractivity contribution is 6.19. The highest BCUT2D eigenvalue weighted by Crippen LogP contribution is 2.34. The van der Waals surface area contributed by atoms with Gasteiger partial charge in [-0.1, -0.05) is 12.1 Å². The fraction of sp³-hybridized carbons (Fsp3) is 0.158. The van der Waals surface area contributed by atoms with Crippen molar-refractivity contribution in [3.8, 4) is 0 Å². The molecule has 0 unspecified atom stereocenters. The zero-order valence-electron chi connectivity index (χ0n) is 14.5. The van der Waals surface area contributed by atoms with Crippen LogP contribution < -0.4 is 0 Å². The minimum Gasteiger partial charge on any atom is -0.298 e. The number of hydrogen-bond donors (Lipinski definition) is 0. The lowest BCUT2D eigenvalue weighted by Crippen LogP contribution is -2.06. The normalized spacial score (nSPS) is 10.7. The Kier molecular flexibility index (Phi) is 4.71. The molecule has 0 bridgehead atoms. The van der Waals surface area contributed by atoms with Crippen LogP contribution in [0.4, 0.5) is 8.78 Å². The summed E-state index contributed by atoms with van der Waals surface area (Å²) in [6.07, 6.45) is 0.659. The summed E-state index contributed by atoms with van der Waals surface area (Å²) < 4.78 is 28.6. The summed E-state index contributed by atoms with van der Waals surface area (Å²) in [7, 11) is 1.62. The lowest BCUT2D eigenvalue weighted by Gasteiger charge is -2.16. The summed E-state index contributed by atoms with van der Waals surface area (Å²) >= 11 is 0. The van der Waals surface area contributed by atoms with Gasteiger partial charge in [-0.15, -0.1) is 5.10 Å². The van der Waals surface area contributed by atoms with Crippen LogP contribution in [-0.2, 0) is 11.8 Å². The van der Waals surface area contributed by atoms with Gasteiger partial charge < -0.3 is 0 Å². The average molecular weight is 354 g/mol. The number of carbonyl (C=O) groups is 1. The van der Waals surface area contributed by atoms with Gasteiger partial charge in [0.2, 0.25) is 0 Å². The summed E-state index contributed by atoms with van der Waals surface area (Å²) in [6.45, 7) is 3.49. The molecule has 1 aromatic heterocycles. The van der Waals surface area contributed by atoms with E-state index in [0.717, 1.165) is 0 Å². The zero-order valence-corrected chi connectivity index (χ0v) is 14.5. The molecule has 0 aliphatic heterocycles. The van der Waals surface area contributed by atoms with Gasteiger partial charge >= 0.3 is 0 Å². The Balaban J connectivity index is 2.41. The molecule has 0 aliphatic rings. The van der Waals surface area contributed by atoms with Gasteiger partial charge in [-0.05, 0) is 70.8 Å². The highest BCUT2D eigenvalue weighted by atomic mass is 19.1. The fourth-order valence-corrected chi connectivity index (χ4v) is 2.93. The summed E-state index contributed by atoms with van der Waals surface area (Å²) in [5, 5.41) is 11.3. The van der Waals surface area contributed by atoms with Gasteiger partial charge in [0, 0.05) is 12.6 Å². The number of carbonyl (C=O) groups excluding carboxylic acids is 1. The van der Waals surface area contributed by atoms with Crippen LogP contribution >= 0.6 is 0 Å². The number of rotatable bonds is 4. The van der Waals surface area contributed by atoms with E-state index in [1.165, 1.54) is 28.9 Å². The van der Waals surface area contributed by atoms with Gasteiger partial charge in [-0.2, -0.15) is 0 Å². The molecule has 0 N–H and O–H groups in total. The number of hydrogen-bond acceptors (Lipinski definition) is 4. The van der Waals surface area contributed by atoms with E-state index in [0.29, 0.717) is 34.1 Å². The fourth-order valence-electron chi connectivity index (χ4n) is 2.93. The first-order valence-electron chi connectivity index (χ1n) is 7.87. The molecular weight excluding hydrogens is 338 g/mol. The van der Waals surface area contributed by atoms with Crippen molar-refractivity contribution in [3.05, 3.63) is 76.1 Å². The summed E-state index contributed by atoms with van der Waals surface area (Å²) in [5.41, 5.74) is 3.32. The highest BCUT2D eigenvalue weighted by Gasteiger charge is 2.21. The van der Waals surface area contributed by atoms with Crippen molar-refractivity contribution >= 4 is 17.4 Å². The molecule has 0 saturated heterocycles. The van der Waals surface area contributed by atoms with Crippen molar-refractivity contribution in [2.45, 2.75) is 13.8 Å². The Morgan fingerprint density at radius 1 is 1.00 bits per heavy atom. The maximum absolute atomic E-state index is 13.6. The third kappa shape index (κ3) is 3.15. The van der Waals surface area contributed by atoms with Gasteiger partial charge in [0.15, 0.2) is 12.1 Å². The smallest absolute Gasteiger partial charge is 0.185 e. The molecule has 5 nitrogen and oxygen atoms in total. The van der Waals surface area contributed by atoms with Crippen molar-refractivity contribution < 1.29 is 13.6 Å². The zero-order chi connectivity index (χ0) is 18.8. The topological polar surface area (TPSA) is 60.7 Å². The molecule has 0 radical (unpaired) electrons. The predicted molar refractivity (Wildman–Crippen MR) is 93.1 cm³/mol. The standard InChI is InChI=1S/C19H16F2N4O/c1-11-8-13(20)4-6-15(11)18(16-7-5-14(21)9-12(16)2)17(10-26)19-22-23-24-25(19)3/h4-10H,1-3H3. The van der Waals surface area contributed by atoms with Crippen LogP contribution in [0, 0.1) is 25.5 Å². The average Bonchev–Trinajstić information content (AvgIpc) is 3.00. The van der Waals surface area contributed by atoms with Crippen molar-refractivity contribution in [2.24, 2.45) is 7.05 Å². The molecule has 0 aliphatic carbocycles. The van der Waals surface area contributed by atoms with E-state index in [-0.39, 0.29) is 23.0 Å². The van der Waals surface area contributed by atoms with Crippen LogP contribution in [0.5, 0.6) is 0 Å². The Bertz CT molecular complexity index is 971. The van der Waals surface area contributed by atoms with E-state index in [2.05, 4.69) is 15.5 Å². The number of tetrazole rings is 1. The molecule has 2 aromatic carbocycles. The first-order chi connectivity index (χ1) is 12.4. The lowest BCUT2D eigenvalue weighted by atomic mass is 9.88. The van der Waals surface area contributed by atoms with E-state index in [1.807, 2.05) is 0 Å². The van der Waals surface area contributed by atoms with Crippen LogP contribution in [0.2, 0.25) is 0 Å². The Labute approximate surface area is 149 Å². The number of aryl methyl sites for hydroxylation is 3. The van der Waals surface area contributed by atoms with Gasteiger partial charge in [0.1, 0.15) is 11.6 Å². The number of nitrogens with zero attached hydrogens (tertiary/aromatic N) is 4. The monoisotopic (exact) mass is 354 g/mol. The van der Waals surface area contributed by atoms with Crippen LogP contribution in [0.15, 0.2) is 36.4 Å². The van der Waals surface area contributed by atoms with E-state index >= 15 is 0 Å². The minimum atomic E-state index is -0.380. The maximum atomic E-state index is 13.6. The molecule has 0 fully saturated rings. The number of aldehydes is 1. The molecule has 0 atom stereocenters. The second kappa shape index (κ2) is 6.95. The summed E-state index contributed by atoms with van der Waals surface area (Å²) in [4.78, 5) is 12.0. The molecular formula is C19H16F2N4O. The molecule has 3 aromatic rings. The summed E-state index contributed by atoms with van der Waals surface area (Å²) in [5.74, 6) is -0.494. The summed E-state index contributed by atoms with van der Waals surface area (Å²) in [6, 6.07) is 8.58. The minimum absolute atomic E-state index is 0.238. The molecule has 7 heteroatoms. The van der Waals surface area contributed by atoms with Crippen molar-refractivity contribution in [2.75, 3.05) is 0 Å². The first kappa shape index (κ1) is 17.6. The lowest BCUT2D eigenvalue weighted by molar-refractivity contribution is -0.103. The van der Waals surface area contributed by atoms with Crippen LogP contribution in [0.3, 0.4) is 0 Å². The molecule has 0 spiro atoms. The van der Waals surface area contributed by atoms with E-state index in [9.17, 15) is 13.6 Å².